The van der Waals surface area contributed by atoms with E-state index in [2.05, 4.69) is 79.5 Å². The van der Waals surface area contributed by atoms with Gasteiger partial charge in [-0.05, 0) is 90.6 Å². The zero-order valence-corrected chi connectivity index (χ0v) is 26.4. The Bertz CT molecular complexity index is 1750. The molecule has 2 aromatic heterocycles. The summed E-state index contributed by atoms with van der Waals surface area (Å²) in [7, 11) is 1.66. The number of nitrogens with one attached hydrogen (secondary N) is 2. The lowest BCUT2D eigenvalue weighted by molar-refractivity contribution is 0.414. The largest absolute Gasteiger partial charge is 0.497 e. The second-order valence-corrected chi connectivity index (χ2v) is 11.1. The first-order valence-electron chi connectivity index (χ1n) is 13.8. The Morgan fingerprint density at radius 1 is 1.12 bits per heavy atom. The highest BCUT2D eigenvalue weighted by Crippen LogP contribution is 2.29. The molecule has 5 aromatic rings. The number of imidazole rings is 1. The van der Waals surface area contributed by atoms with Crippen LogP contribution in [0.3, 0.4) is 0 Å². The van der Waals surface area contributed by atoms with Gasteiger partial charge in [-0.1, -0.05) is 42.8 Å². The number of allylic oxidation sites excluding steroid dienone is 2. The molecule has 3 heterocycles. The maximum Gasteiger partial charge on any atom is 0.175 e. The molecule has 0 saturated heterocycles. The average Bonchev–Trinajstić information content (AvgIpc) is 3.49. The van der Waals surface area contributed by atoms with Crippen molar-refractivity contribution in [2.24, 2.45) is 4.99 Å². The molecule has 10 heteroatoms. The topological polar surface area (TPSA) is 93.0 Å². The van der Waals surface area contributed by atoms with Gasteiger partial charge >= 0.3 is 0 Å². The predicted molar refractivity (Wildman–Crippen MR) is 173 cm³/mol. The van der Waals surface area contributed by atoms with E-state index in [0.717, 1.165) is 75.1 Å². The van der Waals surface area contributed by atoms with Crippen molar-refractivity contribution < 1.29 is 4.74 Å². The van der Waals surface area contributed by atoms with E-state index in [4.69, 9.17) is 21.3 Å². The van der Waals surface area contributed by atoms with Gasteiger partial charge in [0.25, 0.3) is 0 Å². The molecule has 0 spiro atoms. The van der Waals surface area contributed by atoms with Gasteiger partial charge in [-0.25, -0.2) is 4.98 Å². The quantitative estimate of drug-likeness (QED) is 0.193. The van der Waals surface area contributed by atoms with E-state index in [-0.39, 0.29) is 0 Å². The van der Waals surface area contributed by atoms with E-state index in [9.17, 15) is 0 Å². The molecule has 0 bridgehead atoms. The average molecular weight is 647 g/mol. The van der Waals surface area contributed by atoms with Crippen LogP contribution in [0.5, 0.6) is 5.75 Å². The molecule has 0 fully saturated rings. The molecule has 0 saturated carbocycles. The first-order chi connectivity index (χ1) is 20.4. The Balaban J connectivity index is 0.000000176. The van der Waals surface area contributed by atoms with Crippen molar-refractivity contribution >= 4 is 44.3 Å². The van der Waals surface area contributed by atoms with Gasteiger partial charge in [0.15, 0.2) is 10.6 Å². The number of rotatable bonds is 7. The first kappa shape index (κ1) is 29.5. The van der Waals surface area contributed by atoms with Gasteiger partial charge in [0, 0.05) is 28.4 Å². The van der Waals surface area contributed by atoms with Crippen molar-refractivity contribution in [2.75, 3.05) is 13.7 Å². The number of hydrogen-bond donors (Lipinski definition) is 2. The summed E-state index contributed by atoms with van der Waals surface area (Å²) in [6.45, 7) is 7.63. The molecule has 42 heavy (non-hydrogen) atoms. The molecule has 0 atom stereocenters. The Morgan fingerprint density at radius 3 is 2.69 bits per heavy atom. The van der Waals surface area contributed by atoms with Crippen molar-refractivity contribution in [1.29, 1.82) is 0 Å². The third-order valence-corrected chi connectivity index (χ3v) is 7.56. The van der Waals surface area contributed by atoms with Gasteiger partial charge in [0.2, 0.25) is 0 Å². The number of aromatic amines is 1. The highest BCUT2D eigenvalue weighted by atomic mass is 79.9. The lowest BCUT2D eigenvalue weighted by Gasteiger charge is -2.14. The lowest BCUT2D eigenvalue weighted by atomic mass is 10.00. The van der Waals surface area contributed by atoms with Crippen molar-refractivity contribution in [2.45, 2.75) is 40.2 Å². The van der Waals surface area contributed by atoms with Crippen LogP contribution in [-0.2, 0) is 13.0 Å². The van der Waals surface area contributed by atoms with Crippen LogP contribution >= 0.6 is 27.5 Å². The highest BCUT2D eigenvalue weighted by molar-refractivity contribution is 9.10. The minimum Gasteiger partial charge on any atom is -0.497 e. The van der Waals surface area contributed by atoms with E-state index in [1.807, 2.05) is 54.0 Å². The van der Waals surface area contributed by atoms with Crippen molar-refractivity contribution in [3.63, 3.8) is 0 Å². The Labute approximate surface area is 259 Å². The monoisotopic (exact) mass is 645 g/mol. The molecule has 2 N–H and O–H groups in total. The minimum atomic E-state index is 0.468. The number of methoxy groups -OCH3 is 1. The summed E-state index contributed by atoms with van der Waals surface area (Å²) < 4.78 is 8.24. The normalized spacial score (nSPS) is 12.5. The molecule has 6 rings (SSSR count). The Hall–Kier alpha value is -3.95. The number of aryl methyl sites for hydroxylation is 1. The maximum absolute atomic E-state index is 6.02. The smallest absolute Gasteiger partial charge is 0.175 e. The van der Waals surface area contributed by atoms with Crippen molar-refractivity contribution in [3.05, 3.63) is 111 Å². The second-order valence-electron chi connectivity index (χ2n) is 9.90. The van der Waals surface area contributed by atoms with Gasteiger partial charge in [-0.3, -0.25) is 9.56 Å². The van der Waals surface area contributed by atoms with Gasteiger partial charge in [-0.2, -0.15) is 0 Å². The molecule has 1 aliphatic rings. The summed E-state index contributed by atoms with van der Waals surface area (Å²) in [5, 5.41) is 12.6. The van der Waals surface area contributed by atoms with Crippen LogP contribution in [0.4, 0.5) is 0 Å². The zero-order chi connectivity index (χ0) is 29.6. The Kier molecular flexibility index (Phi) is 9.39. The summed E-state index contributed by atoms with van der Waals surface area (Å²) in [4.78, 5) is 12.3. The van der Waals surface area contributed by atoms with E-state index in [1.165, 1.54) is 11.3 Å². The van der Waals surface area contributed by atoms with Crippen LogP contribution in [0, 0.1) is 6.92 Å². The van der Waals surface area contributed by atoms with Crippen LogP contribution in [0.1, 0.15) is 48.6 Å². The number of hydrogen-bond acceptors (Lipinski definition) is 6. The van der Waals surface area contributed by atoms with Crippen LogP contribution in [0.15, 0.2) is 82.2 Å². The number of aromatic nitrogens is 5. The van der Waals surface area contributed by atoms with Crippen LogP contribution in [-0.4, -0.2) is 44.1 Å². The van der Waals surface area contributed by atoms with Gasteiger partial charge in [0.05, 0.1) is 29.5 Å². The molecule has 0 amide bonds. The number of aliphatic imine (C=N–C) groups is 1. The summed E-state index contributed by atoms with van der Waals surface area (Å²) in [5.74, 6) is 2.44. The maximum atomic E-state index is 6.02. The van der Waals surface area contributed by atoms with E-state index in [1.54, 1.807) is 7.11 Å². The Morgan fingerprint density at radius 2 is 1.93 bits per heavy atom. The fraction of sp³-hybridized carbons (Fsp3) is 0.250. The number of benzene rings is 3. The van der Waals surface area contributed by atoms with E-state index in [0.29, 0.717) is 11.6 Å². The fourth-order valence-electron chi connectivity index (χ4n) is 4.90. The van der Waals surface area contributed by atoms with Gasteiger partial charge < -0.3 is 15.0 Å². The fourth-order valence-corrected chi connectivity index (χ4v) is 5.43. The van der Waals surface area contributed by atoms with Crippen molar-refractivity contribution in [1.82, 2.24) is 30.0 Å². The van der Waals surface area contributed by atoms with Crippen LogP contribution < -0.4 is 10.1 Å². The van der Waals surface area contributed by atoms with E-state index >= 15 is 0 Å². The number of fused-ring (bicyclic) bond motifs is 4. The third-order valence-electron chi connectivity index (χ3n) is 6.93. The van der Waals surface area contributed by atoms with Gasteiger partial charge in [-0.15, -0.1) is 10.2 Å². The SMILES string of the molecule is CC/C=C(/C)NCCc1ccc2nc(Br)[nH]c2c1.COc1ccc2c(c1)C(c1ccc(Cl)cc1)=NCc1nnc(C)n1-2. The molecule has 0 aliphatic carbocycles. The first-order valence-corrected chi connectivity index (χ1v) is 15.0. The summed E-state index contributed by atoms with van der Waals surface area (Å²) in [6.07, 6.45) is 4.30. The third kappa shape index (κ3) is 6.74. The minimum absolute atomic E-state index is 0.468. The van der Waals surface area contributed by atoms with E-state index < -0.39 is 0 Å². The summed E-state index contributed by atoms with van der Waals surface area (Å²) >= 11 is 9.38. The molecule has 216 valence electrons. The lowest BCUT2D eigenvalue weighted by Crippen LogP contribution is -2.14. The number of nitrogens with zero attached hydrogens (tertiary/aromatic N) is 5. The molecule has 3 aromatic carbocycles. The van der Waals surface area contributed by atoms with Crippen LogP contribution in [0.25, 0.3) is 16.7 Å². The predicted octanol–water partition coefficient (Wildman–Crippen LogP) is 7.36. The molecular formula is C32H33BrClN7O. The zero-order valence-electron chi connectivity index (χ0n) is 24.1. The number of ether oxygens (including phenoxy) is 1. The molecular weight excluding hydrogens is 614 g/mol. The molecule has 8 nitrogen and oxygen atoms in total. The number of halogens is 2. The second kappa shape index (κ2) is 13.4. The molecule has 1 aliphatic heterocycles. The van der Waals surface area contributed by atoms with Crippen LogP contribution in [0.2, 0.25) is 5.02 Å². The van der Waals surface area contributed by atoms with Crippen molar-refractivity contribution in [3.8, 4) is 11.4 Å². The molecule has 0 radical (unpaired) electrons. The standard InChI is InChI=1S/C18H15ClN4O.C14H18BrN3/c1-11-21-22-17-10-20-18(12-3-5-13(19)6-4-12)15-9-14(24-2)7-8-16(15)23(11)17;1-3-4-10(2)16-8-7-11-5-6-12-13(9-11)18-14(15)17-12/h3-9H,10H2,1-2H3;4-6,9,16H,3,7-8H2,1-2H3,(H,17,18)/b;10-4-. The number of H-pyrrole nitrogens is 1. The molecule has 0 unspecified atom stereocenters. The highest BCUT2D eigenvalue weighted by Gasteiger charge is 2.22. The van der Waals surface area contributed by atoms with Gasteiger partial charge in [0.1, 0.15) is 18.1 Å². The summed E-state index contributed by atoms with van der Waals surface area (Å²) in [5.41, 5.74) is 8.53. The summed E-state index contributed by atoms with van der Waals surface area (Å²) in [6, 6.07) is 20.0.